The summed E-state index contributed by atoms with van der Waals surface area (Å²) in [5.41, 5.74) is 7.45. The molecule has 9 aromatic rings. The molecular formula is C40H25NOS. The zero-order valence-corrected chi connectivity index (χ0v) is 24.0. The Morgan fingerprint density at radius 2 is 1.07 bits per heavy atom. The molecule has 0 unspecified atom stereocenters. The molecule has 0 aliphatic rings. The van der Waals surface area contributed by atoms with E-state index >= 15 is 0 Å². The molecule has 0 saturated heterocycles. The second-order valence-corrected chi connectivity index (χ2v) is 12.1. The molecule has 0 radical (unpaired) electrons. The first-order valence-electron chi connectivity index (χ1n) is 14.5. The fraction of sp³-hybridized carbons (Fsp3) is 0. The van der Waals surface area contributed by atoms with E-state index in [0.717, 1.165) is 39.0 Å². The Morgan fingerprint density at radius 1 is 0.395 bits per heavy atom. The maximum atomic E-state index is 6.33. The monoisotopic (exact) mass is 567 g/mol. The molecule has 0 atom stereocenters. The van der Waals surface area contributed by atoms with E-state index < -0.39 is 0 Å². The van der Waals surface area contributed by atoms with Gasteiger partial charge in [-0.1, -0.05) is 91.0 Å². The second kappa shape index (κ2) is 9.59. The van der Waals surface area contributed by atoms with Gasteiger partial charge >= 0.3 is 0 Å². The molecule has 2 heterocycles. The van der Waals surface area contributed by atoms with Crippen LogP contribution in [0.1, 0.15) is 0 Å². The van der Waals surface area contributed by atoms with Gasteiger partial charge in [0.05, 0.1) is 0 Å². The minimum Gasteiger partial charge on any atom is -0.456 e. The predicted molar refractivity (Wildman–Crippen MR) is 184 cm³/mol. The van der Waals surface area contributed by atoms with Crippen LogP contribution in [-0.2, 0) is 0 Å². The average Bonchev–Trinajstić information content (AvgIpc) is 3.62. The lowest BCUT2D eigenvalue weighted by molar-refractivity contribution is 0.669. The van der Waals surface area contributed by atoms with Crippen molar-refractivity contribution < 1.29 is 4.42 Å². The van der Waals surface area contributed by atoms with E-state index in [1.54, 1.807) is 0 Å². The van der Waals surface area contributed by atoms with E-state index in [0.29, 0.717) is 0 Å². The minimum atomic E-state index is 0.886. The molecule has 0 bridgehead atoms. The van der Waals surface area contributed by atoms with Crippen molar-refractivity contribution in [1.82, 2.24) is 0 Å². The van der Waals surface area contributed by atoms with Gasteiger partial charge in [-0.15, -0.1) is 11.3 Å². The quantitative estimate of drug-likeness (QED) is 0.210. The molecule has 43 heavy (non-hydrogen) atoms. The van der Waals surface area contributed by atoms with Gasteiger partial charge in [0, 0.05) is 54.1 Å². The first-order valence-corrected chi connectivity index (χ1v) is 15.3. The molecular weight excluding hydrogens is 543 g/mol. The first-order chi connectivity index (χ1) is 21.3. The first kappa shape index (κ1) is 24.2. The zero-order valence-electron chi connectivity index (χ0n) is 23.2. The van der Waals surface area contributed by atoms with Gasteiger partial charge in [-0.25, -0.2) is 0 Å². The number of furan rings is 1. The SMILES string of the molecule is c1cc(-c2ccc3ccccc3c2)cc(N(c2ccc3c(c2)oc2ccccc23)c2ccc3c(c2)sc2ccccc23)c1. The van der Waals surface area contributed by atoms with Crippen LogP contribution in [-0.4, -0.2) is 0 Å². The molecule has 0 spiro atoms. The zero-order chi connectivity index (χ0) is 28.3. The summed E-state index contributed by atoms with van der Waals surface area (Å²) >= 11 is 1.85. The molecule has 0 aliphatic heterocycles. The van der Waals surface area contributed by atoms with E-state index in [2.05, 4.69) is 144 Å². The Balaban J connectivity index is 1.24. The third kappa shape index (κ3) is 4.01. The molecule has 3 heteroatoms. The smallest absolute Gasteiger partial charge is 0.137 e. The van der Waals surface area contributed by atoms with Gasteiger partial charge in [-0.2, -0.15) is 0 Å². The van der Waals surface area contributed by atoms with Crippen molar-refractivity contribution in [2.75, 3.05) is 4.90 Å². The molecule has 0 saturated carbocycles. The number of fused-ring (bicyclic) bond motifs is 7. The average molecular weight is 568 g/mol. The molecule has 9 rings (SSSR count). The highest BCUT2D eigenvalue weighted by Crippen LogP contribution is 2.43. The van der Waals surface area contributed by atoms with Crippen molar-refractivity contribution in [2.24, 2.45) is 0 Å². The number of thiophene rings is 1. The summed E-state index contributed by atoms with van der Waals surface area (Å²) in [4.78, 5) is 2.35. The largest absolute Gasteiger partial charge is 0.456 e. The van der Waals surface area contributed by atoms with E-state index in [9.17, 15) is 0 Å². The lowest BCUT2D eigenvalue weighted by atomic mass is 10.0. The Labute approximate surface area is 252 Å². The van der Waals surface area contributed by atoms with E-state index in [4.69, 9.17) is 4.42 Å². The van der Waals surface area contributed by atoms with Crippen LogP contribution in [0.3, 0.4) is 0 Å². The number of hydrogen-bond donors (Lipinski definition) is 0. The molecule has 2 nitrogen and oxygen atoms in total. The number of anilines is 3. The van der Waals surface area contributed by atoms with Gasteiger partial charge < -0.3 is 9.32 Å². The molecule has 0 N–H and O–H groups in total. The van der Waals surface area contributed by atoms with Gasteiger partial charge in [0.1, 0.15) is 11.2 Å². The highest BCUT2D eigenvalue weighted by Gasteiger charge is 2.17. The number of nitrogens with zero attached hydrogens (tertiary/aromatic N) is 1. The van der Waals surface area contributed by atoms with Gasteiger partial charge in [-0.3, -0.25) is 0 Å². The van der Waals surface area contributed by atoms with Crippen molar-refractivity contribution in [3.8, 4) is 11.1 Å². The second-order valence-electron chi connectivity index (χ2n) is 11.0. The summed E-state index contributed by atoms with van der Waals surface area (Å²) in [5.74, 6) is 0. The summed E-state index contributed by atoms with van der Waals surface area (Å²) < 4.78 is 8.92. The van der Waals surface area contributed by atoms with Crippen LogP contribution in [0.15, 0.2) is 156 Å². The number of hydrogen-bond acceptors (Lipinski definition) is 3. The summed E-state index contributed by atoms with van der Waals surface area (Å²) in [6, 6.07) is 54.4. The third-order valence-electron chi connectivity index (χ3n) is 8.43. The highest BCUT2D eigenvalue weighted by molar-refractivity contribution is 7.25. The summed E-state index contributed by atoms with van der Waals surface area (Å²) in [6.07, 6.45) is 0. The molecule has 202 valence electrons. The topological polar surface area (TPSA) is 16.4 Å². The minimum absolute atomic E-state index is 0.886. The van der Waals surface area contributed by atoms with Crippen molar-refractivity contribution in [3.63, 3.8) is 0 Å². The number of benzene rings is 7. The summed E-state index contributed by atoms with van der Waals surface area (Å²) in [7, 11) is 0. The Kier molecular flexibility index (Phi) is 5.40. The Bertz CT molecular complexity index is 2370. The molecule has 2 aromatic heterocycles. The van der Waals surface area contributed by atoms with Crippen molar-refractivity contribution in [3.05, 3.63) is 152 Å². The van der Waals surface area contributed by atoms with Crippen LogP contribution in [0.2, 0.25) is 0 Å². The highest BCUT2D eigenvalue weighted by atomic mass is 32.1. The maximum absolute atomic E-state index is 6.33. The summed E-state index contributed by atoms with van der Waals surface area (Å²) in [6.45, 7) is 0. The Hall–Kier alpha value is -5.38. The lowest BCUT2D eigenvalue weighted by Gasteiger charge is -2.26. The van der Waals surface area contributed by atoms with Gasteiger partial charge in [0.25, 0.3) is 0 Å². The van der Waals surface area contributed by atoms with Crippen molar-refractivity contribution in [1.29, 1.82) is 0 Å². The van der Waals surface area contributed by atoms with E-state index in [1.165, 1.54) is 42.1 Å². The van der Waals surface area contributed by atoms with Crippen molar-refractivity contribution in [2.45, 2.75) is 0 Å². The van der Waals surface area contributed by atoms with E-state index in [1.807, 2.05) is 23.5 Å². The van der Waals surface area contributed by atoms with Crippen LogP contribution in [0, 0.1) is 0 Å². The normalized spacial score (nSPS) is 11.7. The molecule has 0 aliphatic carbocycles. The third-order valence-corrected chi connectivity index (χ3v) is 9.56. The van der Waals surface area contributed by atoms with Crippen LogP contribution in [0.25, 0.3) is 64.0 Å². The van der Waals surface area contributed by atoms with Gasteiger partial charge in [-0.05, 0) is 76.5 Å². The van der Waals surface area contributed by atoms with Crippen LogP contribution >= 0.6 is 11.3 Å². The predicted octanol–water partition coefficient (Wildman–Crippen LogP) is 12.2. The lowest BCUT2D eigenvalue weighted by Crippen LogP contribution is -2.09. The number of para-hydroxylation sites is 1. The van der Waals surface area contributed by atoms with E-state index in [-0.39, 0.29) is 0 Å². The van der Waals surface area contributed by atoms with Crippen LogP contribution in [0.4, 0.5) is 17.1 Å². The fourth-order valence-electron chi connectivity index (χ4n) is 6.35. The molecule has 0 fully saturated rings. The van der Waals surface area contributed by atoms with Crippen LogP contribution in [0.5, 0.6) is 0 Å². The standard InChI is InChI=1S/C40H25NOS/c1-2-9-27-22-29(17-16-26(27)8-1)28-10-7-11-30(23-28)41(31-18-20-34-33-12-3-5-14-37(33)42-38(34)24-31)32-19-21-36-35-13-4-6-15-39(35)43-40(36)25-32/h1-25H. The van der Waals surface area contributed by atoms with Gasteiger partial charge in [0.2, 0.25) is 0 Å². The maximum Gasteiger partial charge on any atom is 0.137 e. The van der Waals surface area contributed by atoms with Crippen LogP contribution < -0.4 is 4.90 Å². The van der Waals surface area contributed by atoms with Crippen molar-refractivity contribution >= 4 is 81.3 Å². The Morgan fingerprint density at radius 3 is 2.00 bits per heavy atom. The fourth-order valence-corrected chi connectivity index (χ4v) is 7.49. The summed E-state index contributed by atoms with van der Waals surface area (Å²) in [5, 5.41) is 7.36. The van der Waals surface area contributed by atoms with Gasteiger partial charge in [0.15, 0.2) is 0 Å². The number of rotatable bonds is 4. The molecule has 0 amide bonds. The molecule has 7 aromatic carbocycles.